The van der Waals surface area contributed by atoms with Crippen LogP contribution in [0.15, 0.2) is 22.9 Å². The van der Waals surface area contributed by atoms with Gasteiger partial charge in [-0.3, -0.25) is 0 Å². The molecule has 0 radical (unpaired) electrons. The summed E-state index contributed by atoms with van der Waals surface area (Å²) in [4.78, 5) is 4.51. The summed E-state index contributed by atoms with van der Waals surface area (Å²) in [5.41, 5.74) is 2.71. The molecule has 0 unspecified atom stereocenters. The zero-order chi connectivity index (χ0) is 15.6. The first-order valence-corrected chi connectivity index (χ1v) is 7.73. The Hall–Kier alpha value is -2.69. The Balaban J connectivity index is 1.56. The van der Waals surface area contributed by atoms with E-state index in [0.717, 1.165) is 35.2 Å². The molecule has 4 heterocycles. The van der Waals surface area contributed by atoms with Crippen molar-refractivity contribution in [2.75, 3.05) is 0 Å². The Kier molecular flexibility index (Phi) is 3.54. The van der Waals surface area contributed by atoms with Gasteiger partial charge < -0.3 is 4.40 Å². The average Bonchev–Trinajstić information content (AvgIpc) is 3.28. The lowest BCUT2D eigenvalue weighted by molar-refractivity contribution is 0.768. The number of halogens is 1. The number of hydrogen-bond acceptors (Lipinski definition) is 7. The van der Waals surface area contributed by atoms with E-state index < -0.39 is 0 Å². The number of hydrogen-bond donors (Lipinski definition) is 2. The van der Waals surface area contributed by atoms with Gasteiger partial charge in [0.25, 0.3) is 0 Å². The van der Waals surface area contributed by atoms with E-state index >= 15 is 0 Å². The molecule has 0 saturated heterocycles. The van der Waals surface area contributed by atoms with Crippen LogP contribution in [-0.2, 0) is 12.8 Å². The second kappa shape index (κ2) is 5.83. The van der Waals surface area contributed by atoms with E-state index in [1.807, 2.05) is 16.7 Å². The molecule has 0 spiro atoms. The van der Waals surface area contributed by atoms with E-state index in [9.17, 15) is 0 Å². The fourth-order valence-electron chi connectivity index (χ4n) is 2.35. The third-order valence-electron chi connectivity index (χ3n) is 3.46. The Morgan fingerprint density at radius 1 is 1.04 bits per heavy atom. The lowest BCUT2D eigenvalue weighted by Gasteiger charge is -2.05. The minimum absolute atomic E-state index is 0.546. The van der Waals surface area contributed by atoms with E-state index in [2.05, 4.69) is 68.4 Å². The van der Waals surface area contributed by atoms with Crippen LogP contribution in [0.5, 0.6) is 0 Å². The molecule has 2 N–H and O–H groups in total. The average molecular weight is 375 g/mol. The normalized spacial score (nSPS) is 11.3. The number of tetrazole rings is 2. The Morgan fingerprint density at radius 3 is 2.70 bits per heavy atom. The molecule has 0 bridgehead atoms. The molecule has 4 aromatic rings. The molecular weight excluding hydrogens is 364 g/mol. The van der Waals surface area contributed by atoms with Gasteiger partial charge in [-0.25, -0.2) is 15.2 Å². The van der Waals surface area contributed by atoms with Crippen LogP contribution in [0.4, 0.5) is 0 Å². The highest BCUT2D eigenvalue weighted by atomic mass is 79.9. The van der Waals surface area contributed by atoms with Crippen LogP contribution in [0.25, 0.3) is 17.2 Å². The van der Waals surface area contributed by atoms with Gasteiger partial charge in [-0.15, -0.1) is 10.2 Å². The number of rotatable bonds is 5. The van der Waals surface area contributed by atoms with Crippen molar-refractivity contribution in [3.63, 3.8) is 0 Å². The SMILES string of the molecule is Brc1cc2nc(-c3nnn[nH]3)cn2cc1CCCc1nnn[nH]1. The summed E-state index contributed by atoms with van der Waals surface area (Å²) in [5, 5.41) is 27.5. The zero-order valence-electron chi connectivity index (χ0n) is 11.8. The van der Waals surface area contributed by atoms with Crippen LogP contribution in [0.2, 0.25) is 0 Å². The lowest BCUT2D eigenvalue weighted by atomic mass is 10.1. The maximum absolute atomic E-state index is 4.51. The number of nitrogens with zero attached hydrogens (tertiary/aromatic N) is 8. The molecule has 0 aliphatic carbocycles. The van der Waals surface area contributed by atoms with Crippen molar-refractivity contribution in [2.45, 2.75) is 19.3 Å². The number of imidazole rings is 1. The second-order valence-electron chi connectivity index (χ2n) is 4.99. The first kappa shape index (κ1) is 13.9. The standard InChI is InChI=1S/C12H11BrN10/c13-8-4-11-14-9(12-17-21-22-18-12)6-23(11)5-7(8)2-1-3-10-15-19-20-16-10/h4-6H,1-3H2,(H,15,16,19,20)(H,17,18,21,22). The number of H-pyrrole nitrogens is 2. The van der Waals surface area contributed by atoms with Crippen LogP contribution in [-0.4, -0.2) is 50.6 Å². The van der Waals surface area contributed by atoms with Gasteiger partial charge in [-0.05, 0) is 45.3 Å². The molecule has 10 nitrogen and oxygen atoms in total. The van der Waals surface area contributed by atoms with E-state index in [0.29, 0.717) is 11.5 Å². The van der Waals surface area contributed by atoms with Crippen molar-refractivity contribution >= 4 is 21.6 Å². The monoisotopic (exact) mass is 374 g/mol. The molecule has 23 heavy (non-hydrogen) atoms. The molecule has 0 atom stereocenters. The first-order chi connectivity index (χ1) is 11.3. The van der Waals surface area contributed by atoms with Gasteiger partial charge in [-0.2, -0.15) is 0 Å². The number of aromatic amines is 2. The summed E-state index contributed by atoms with van der Waals surface area (Å²) < 4.78 is 2.99. The summed E-state index contributed by atoms with van der Waals surface area (Å²) in [6.45, 7) is 0. The highest BCUT2D eigenvalue weighted by Crippen LogP contribution is 2.23. The van der Waals surface area contributed by atoms with Gasteiger partial charge in [-0.1, -0.05) is 15.9 Å². The molecule has 116 valence electrons. The predicted octanol–water partition coefficient (Wildman–Crippen LogP) is 0.965. The largest absolute Gasteiger partial charge is 0.306 e. The van der Waals surface area contributed by atoms with Crippen LogP contribution in [0, 0.1) is 0 Å². The van der Waals surface area contributed by atoms with Gasteiger partial charge in [0.05, 0.1) is 0 Å². The Bertz CT molecular complexity index is 911. The van der Waals surface area contributed by atoms with Gasteiger partial charge in [0, 0.05) is 23.3 Å². The number of aryl methyl sites for hydroxylation is 2. The van der Waals surface area contributed by atoms with Crippen LogP contribution in [0.3, 0.4) is 0 Å². The van der Waals surface area contributed by atoms with E-state index in [1.54, 1.807) is 0 Å². The maximum Gasteiger partial charge on any atom is 0.199 e. The summed E-state index contributed by atoms with van der Waals surface area (Å²) in [7, 11) is 0. The molecular formula is C12H11BrN10. The summed E-state index contributed by atoms with van der Waals surface area (Å²) >= 11 is 3.60. The van der Waals surface area contributed by atoms with Crippen LogP contribution >= 0.6 is 15.9 Å². The molecule has 0 aliphatic heterocycles. The highest BCUT2D eigenvalue weighted by Gasteiger charge is 2.10. The van der Waals surface area contributed by atoms with Gasteiger partial charge in [0.1, 0.15) is 17.2 Å². The third-order valence-corrected chi connectivity index (χ3v) is 4.19. The quantitative estimate of drug-likeness (QED) is 0.532. The minimum Gasteiger partial charge on any atom is -0.306 e. The van der Waals surface area contributed by atoms with Crippen molar-refractivity contribution in [3.8, 4) is 11.5 Å². The molecule has 4 aromatic heterocycles. The Morgan fingerprint density at radius 2 is 1.91 bits per heavy atom. The molecule has 0 aliphatic rings. The molecule has 0 saturated carbocycles. The van der Waals surface area contributed by atoms with Crippen molar-refractivity contribution in [1.29, 1.82) is 0 Å². The molecule has 4 rings (SSSR count). The van der Waals surface area contributed by atoms with Gasteiger partial charge in [0.2, 0.25) is 0 Å². The molecule has 0 amide bonds. The van der Waals surface area contributed by atoms with Crippen molar-refractivity contribution < 1.29 is 0 Å². The minimum atomic E-state index is 0.546. The van der Waals surface area contributed by atoms with E-state index in [1.165, 1.54) is 5.56 Å². The van der Waals surface area contributed by atoms with E-state index in [4.69, 9.17) is 0 Å². The predicted molar refractivity (Wildman–Crippen MR) is 82.3 cm³/mol. The molecule has 0 fully saturated rings. The second-order valence-corrected chi connectivity index (χ2v) is 5.84. The maximum atomic E-state index is 4.51. The van der Waals surface area contributed by atoms with Crippen molar-refractivity contribution in [3.05, 3.63) is 34.3 Å². The highest BCUT2D eigenvalue weighted by molar-refractivity contribution is 9.10. The van der Waals surface area contributed by atoms with E-state index in [-0.39, 0.29) is 0 Å². The lowest BCUT2D eigenvalue weighted by Crippen LogP contribution is -1.96. The molecule has 0 aromatic carbocycles. The topological polar surface area (TPSA) is 126 Å². The fourth-order valence-corrected chi connectivity index (χ4v) is 2.86. The van der Waals surface area contributed by atoms with Crippen LogP contribution < -0.4 is 0 Å². The smallest absolute Gasteiger partial charge is 0.199 e. The number of nitrogens with one attached hydrogen (secondary N) is 2. The van der Waals surface area contributed by atoms with Gasteiger partial charge >= 0.3 is 0 Å². The Labute approximate surface area is 137 Å². The summed E-state index contributed by atoms with van der Waals surface area (Å²) in [5.74, 6) is 1.34. The first-order valence-electron chi connectivity index (χ1n) is 6.93. The van der Waals surface area contributed by atoms with Crippen molar-refractivity contribution in [2.24, 2.45) is 0 Å². The van der Waals surface area contributed by atoms with Gasteiger partial charge in [0.15, 0.2) is 5.82 Å². The number of aromatic nitrogens is 10. The molecule has 11 heteroatoms. The summed E-state index contributed by atoms with van der Waals surface area (Å²) in [6, 6.07) is 1.98. The van der Waals surface area contributed by atoms with Crippen molar-refractivity contribution in [1.82, 2.24) is 50.6 Å². The third kappa shape index (κ3) is 2.82. The number of pyridine rings is 1. The zero-order valence-corrected chi connectivity index (χ0v) is 13.4. The number of fused-ring (bicyclic) bond motifs is 1. The fraction of sp³-hybridized carbons (Fsp3) is 0.250. The summed E-state index contributed by atoms with van der Waals surface area (Å²) in [6.07, 6.45) is 6.59. The van der Waals surface area contributed by atoms with Crippen LogP contribution in [0.1, 0.15) is 17.8 Å².